The van der Waals surface area contributed by atoms with Crippen molar-refractivity contribution in [3.05, 3.63) is 51.6 Å². The number of aliphatic hydroxyl groups excluding tert-OH is 1. The van der Waals surface area contributed by atoms with Crippen molar-refractivity contribution in [2.45, 2.75) is 84.0 Å². The van der Waals surface area contributed by atoms with Crippen molar-refractivity contribution in [1.82, 2.24) is 10.2 Å². The van der Waals surface area contributed by atoms with E-state index in [1.807, 2.05) is 0 Å². The quantitative estimate of drug-likeness (QED) is 0.108. The molecule has 5 N–H and O–H groups in total. The van der Waals surface area contributed by atoms with Crippen LogP contribution in [0.25, 0.3) is 0 Å². The van der Waals surface area contributed by atoms with Crippen LogP contribution in [0, 0.1) is 18.8 Å². The molecular weight excluding hydrogens is 716 g/mol. The van der Waals surface area contributed by atoms with Crippen molar-refractivity contribution in [2.24, 2.45) is 5.92 Å². The van der Waals surface area contributed by atoms with Crippen LogP contribution in [-0.2, 0) is 46.2 Å². The van der Waals surface area contributed by atoms with Crippen LogP contribution in [0.1, 0.15) is 102 Å². The second-order valence-corrected chi connectivity index (χ2v) is 13.1. The number of nitrogens with zero attached hydrogens (tertiary/aromatic N) is 1. The number of carbonyl (C=O) groups is 6. The van der Waals surface area contributed by atoms with Crippen LogP contribution in [0.2, 0.25) is 0 Å². The highest BCUT2D eigenvalue weighted by atomic mass is 16.7. The molecule has 0 saturated carbocycles. The maximum absolute atomic E-state index is 13.3. The van der Waals surface area contributed by atoms with Crippen molar-refractivity contribution >= 4 is 35.1 Å². The largest absolute Gasteiger partial charge is 0.507 e. The highest BCUT2D eigenvalue weighted by Gasteiger charge is 2.41. The number of Topliss-reactive ketones (excluding diaryl/α,β-unsaturated/α-hetero) is 1. The molecule has 0 spiro atoms. The number of benzene rings is 2. The van der Waals surface area contributed by atoms with E-state index in [0.717, 1.165) is 18.4 Å². The Hall–Kier alpha value is -5.14. The summed E-state index contributed by atoms with van der Waals surface area (Å²) in [6.07, 6.45) is 11.1. The molecule has 2 fully saturated rings. The van der Waals surface area contributed by atoms with E-state index in [2.05, 4.69) is 32.0 Å². The maximum atomic E-state index is 13.3. The van der Waals surface area contributed by atoms with E-state index in [1.165, 1.54) is 24.6 Å². The van der Waals surface area contributed by atoms with Gasteiger partial charge in [-0.25, -0.2) is 0 Å². The number of aliphatic hydroxyl groups is 1. The molecular formula is C40H50N2O13. The lowest BCUT2D eigenvalue weighted by atomic mass is 9.75. The first-order chi connectivity index (χ1) is 26.5. The summed E-state index contributed by atoms with van der Waals surface area (Å²) in [5.74, 6) is -4.44. The third-order valence-electron chi connectivity index (χ3n) is 9.35. The number of phenols is 3. The summed E-state index contributed by atoms with van der Waals surface area (Å²) in [5.41, 5.74) is -0.467. The number of carbonyl (C=O) groups excluding carboxylic acids is 6. The second-order valence-electron chi connectivity index (χ2n) is 13.1. The van der Waals surface area contributed by atoms with Crippen molar-refractivity contribution in [2.75, 3.05) is 40.0 Å². The van der Waals surface area contributed by atoms with Gasteiger partial charge in [-0.05, 0) is 44.6 Å². The van der Waals surface area contributed by atoms with Gasteiger partial charge < -0.3 is 40.0 Å². The molecule has 55 heavy (non-hydrogen) atoms. The monoisotopic (exact) mass is 766 g/mol. The van der Waals surface area contributed by atoms with Gasteiger partial charge in [-0.15, -0.1) is 12.8 Å². The molecule has 0 aromatic heterocycles. The first kappa shape index (κ1) is 44.3. The third-order valence-corrected chi connectivity index (χ3v) is 9.35. The zero-order chi connectivity index (χ0) is 40.8. The van der Waals surface area contributed by atoms with Gasteiger partial charge >= 0.3 is 0 Å². The van der Waals surface area contributed by atoms with Crippen LogP contribution in [0.15, 0.2) is 18.2 Å². The lowest BCUT2D eigenvalue weighted by Gasteiger charge is -2.31. The first-order valence-electron chi connectivity index (χ1n) is 18.2. The van der Waals surface area contributed by atoms with Crippen LogP contribution in [0.4, 0.5) is 0 Å². The summed E-state index contributed by atoms with van der Waals surface area (Å²) in [7, 11) is 1.00. The Labute approximate surface area is 319 Å². The Morgan fingerprint density at radius 1 is 0.873 bits per heavy atom. The first-order valence-corrected chi connectivity index (χ1v) is 18.2. The molecule has 4 aliphatic rings. The van der Waals surface area contributed by atoms with Crippen LogP contribution < -0.4 is 5.32 Å². The molecule has 6 rings (SSSR count). The van der Waals surface area contributed by atoms with Gasteiger partial charge in [-0.2, -0.15) is 0 Å². The molecule has 3 atom stereocenters. The highest BCUT2D eigenvalue weighted by molar-refractivity contribution is 6.31. The summed E-state index contributed by atoms with van der Waals surface area (Å²) in [4.78, 5) is 76.3. The number of phenolic OH excluding ortho intramolecular Hbond substituents is 3. The van der Waals surface area contributed by atoms with Gasteiger partial charge in [0.1, 0.15) is 30.5 Å². The zero-order valence-electron chi connectivity index (χ0n) is 31.4. The average Bonchev–Trinajstić information content (AvgIpc) is 3.51. The van der Waals surface area contributed by atoms with Crippen LogP contribution in [0.5, 0.6) is 17.2 Å². The predicted octanol–water partition coefficient (Wildman–Crippen LogP) is 2.72. The fraction of sp³-hybridized carbons (Fsp3) is 0.500. The molecule has 0 bridgehead atoms. The van der Waals surface area contributed by atoms with Gasteiger partial charge in [-0.3, -0.25) is 33.7 Å². The third kappa shape index (κ3) is 10.3. The molecule has 0 radical (unpaired) electrons. The molecule has 15 heteroatoms. The number of nitrogens with one attached hydrogen (secondary N) is 1. The van der Waals surface area contributed by atoms with E-state index in [-0.39, 0.29) is 110 Å². The van der Waals surface area contributed by atoms with Crippen LogP contribution in [-0.4, -0.2) is 113 Å². The lowest BCUT2D eigenvalue weighted by Crippen LogP contribution is -2.39. The van der Waals surface area contributed by atoms with Gasteiger partial charge in [0.25, 0.3) is 0 Å². The number of aromatic hydroxyl groups is 3. The number of hydrogen-bond acceptors (Lipinski definition) is 13. The number of hydrogen-bond donors (Lipinski definition) is 5. The predicted molar refractivity (Wildman–Crippen MR) is 198 cm³/mol. The fourth-order valence-corrected chi connectivity index (χ4v) is 6.84. The Kier molecular flexibility index (Phi) is 17.0. The standard InChI is InChI=1S/C34H36N2O12.C3H8.C2H2.CH4O/c37-22-5-2-4-20-28(22)34(45)30-29(32(20)43)33(44)21-13-17(7-8-19(21)31(30)42)23(38)15-47-27-6-1-3-18(48-27)14-46-16-24(39)35-11-12-36-25(40)9-10-26(36)41;1-3-2;2*1-2/h2,4-5,17-18,27,37,42,44H,1,3,6-16H2,(H,35,39);3H2,1-2H3;1-2H;2H,1H3. The highest BCUT2D eigenvalue weighted by Crippen LogP contribution is 2.47. The summed E-state index contributed by atoms with van der Waals surface area (Å²) in [5, 5.41) is 42.1. The van der Waals surface area contributed by atoms with E-state index in [0.29, 0.717) is 24.8 Å². The summed E-state index contributed by atoms with van der Waals surface area (Å²) in [6, 6.07) is 4.05. The number of fused-ring (bicyclic) bond motifs is 3. The van der Waals surface area contributed by atoms with Crippen molar-refractivity contribution < 1.29 is 63.4 Å². The van der Waals surface area contributed by atoms with E-state index in [9.17, 15) is 44.1 Å². The molecule has 2 aliphatic heterocycles. The minimum Gasteiger partial charge on any atom is -0.507 e. The van der Waals surface area contributed by atoms with Gasteiger partial charge in [0.05, 0.1) is 29.4 Å². The number of rotatable bonds is 11. The van der Waals surface area contributed by atoms with Crippen LogP contribution >= 0.6 is 0 Å². The fourth-order valence-electron chi connectivity index (χ4n) is 6.84. The maximum Gasteiger partial charge on any atom is 0.246 e. The van der Waals surface area contributed by atoms with Crippen molar-refractivity contribution in [1.29, 1.82) is 0 Å². The van der Waals surface area contributed by atoms with Gasteiger partial charge in [0, 0.05) is 55.6 Å². The molecule has 2 aromatic rings. The number of terminal acetylenes is 1. The SMILES string of the molecule is C#C.CCC.CO.O=C(COCC1CCCC(OCC(=O)C2CCc3c(O)c4c(c(O)c3C2)C(=O)c2cccc(O)c2C4=O)O1)NCCN1C(=O)CCC1=O. The topological polar surface area (TPSA) is 226 Å². The summed E-state index contributed by atoms with van der Waals surface area (Å²) >= 11 is 0. The van der Waals surface area contributed by atoms with E-state index in [4.69, 9.17) is 19.3 Å². The molecule has 2 aromatic carbocycles. The van der Waals surface area contributed by atoms with Crippen LogP contribution in [0.3, 0.4) is 0 Å². The molecule has 298 valence electrons. The number of amides is 3. The molecule has 2 saturated heterocycles. The summed E-state index contributed by atoms with van der Waals surface area (Å²) < 4.78 is 17.2. The molecule has 3 amide bonds. The number of imide groups is 1. The van der Waals surface area contributed by atoms with E-state index in [1.54, 1.807) is 0 Å². The van der Waals surface area contributed by atoms with Crippen molar-refractivity contribution in [3.63, 3.8) is 0 Å². The normalized spacial score (nSPS) is 19.6. The molecule has 15 nitrogen and oxygen atoms in total. The number of ether oxygens (including phenoxy) is 3. The second kappa shape index (κ2) is 21.1. The smallest absolute Gasteiger partial charge is 0.246 e. The van der Waals surface area contributed by atoms with Crippen molar-refractivity contribution in [3.8, 4) is 30.1 Å². The molecule has 3 unspecified atom stereocenters. The van der Waals surface area contributed by atoms with Gasteiger partial charge in [-0.1, -0.05) is 32.4 Å². The number of ketones is 3. The Morgan fingerprint density at radius 2 is 1.51 bits per heavy atom. The molecule has 2 heterocycles. The number of likely N-dealkylation sites (tertiary alicyclic amines) is 1. The Morgan fingerprint density at radius 3 is 2.18 bits per heavy atom. The Bertz CT molecular complexity index is 1750. The van der Waals surface area contributed by atoms with E-state index < -0.39 is 46.9 Å². The van der Waals surface area contributed by atoms with Gasteiger partial charge in [0.15, 0.2) is 17.9 Å². The average molecular weight is 767 g/mol. The Balaban J connectivity index is 0.00000109. The van der Waals surface area contributed by atoms with E-state index >= 15 is 0 Å². The zero-order valence-corrected chi connectivity index (χ0v) is 31.4. The summed E-state index contributed by atoms with van der Waals surface area (Å²) in [6.45, 7) is 4.15. The molecule has 2 aliphatic carbocycles. The lowest BCUT2D eigenvalue weighted by molar-refractivity contribution is -0.205. The van der Waals surface area contributed by atoms with Gasteiger partial charge in [0.2, 0.25) is 23.5 Å². The minimum atomic E-state index is -0.759. The minimum absolute atomic E-state index is 0.0350.